The summed E-state index contributed by atoms with van der Waals surface area (Å²) in [6.07, 6.45) is 2.51. The van der Waals surface area contributed by atoms with Crippen LogP contribution in [0, 0.1) is 0 Å². The van der Waals surface area contributed by atoms with Crippen LogP contribution in [0.3, 0.4) is 0 Å². The zero-order valence-electron chi connectivity index (χ0n) is 19.6. The van der Waals surface area contributed by atoms with Gasteiger partial charge in [-0.2, -0.15) is 0 Å². The Kier molecular flexibility index (Phi) is 6.86. The summed E-state index contributed by atoms with van der Waals surface area (Å²) >= 11 is 0. The van der Waals surface area contributed by atoms with Crippen LogP contribution in [0.15, 0.2) is 61.1 Å². The number of hydrogen-bond donors (Lipinski definition) is 4. The average molecular weight is 477 g/mol. The van der Waals surface area contributed by atoms with Gasteiger partial charge in [0.05, 0.1) is 6.33 Å². The van der Waals surface area contributed by atoms with Crippen LogP contribution >= 0.6 is 0 Å². The summed E-state index contributed by atoms with van der Waals surface area (Å²) in [4.78, 5) is 44.3. The average Bonchev–Trinajstić information content (AvgIpc) is 3.48. The van der Waals surface area contributed by atoms with Gasteiger partial charge in [0, 0.05) is 24.2 Å². The molecule has 0 radical (unpaired) electrons. The largest absolute Gasteiger partial charge is 0.480 e. The molecular weight excluding hydrogens is 448 g/mol. The Balaban J connectivity index is 1.47. The molecule has 2 atom stereocenters. The number of imidazole rings is 1. The maximum absolute atomic E-state index is 13.0. The maximum atomic E-state index is 13.0. The van der Waals surface area contributed by atoms with Crippen molar-refractivity contribution >= 4 is 18.0 Å². The highest BCUT2D eigenvalue weighted by atomic mass is 16.5. The minimum Gasteiger partial charge on any atom is -0.480 e. The summed E-state index contributed by atoms with van der Waals surface area (Å²) in [6, 6.07) is 14.9. The number of H-pyrrole nitrogens is 1. The van der Waals surface area contributed by atoms with Gasteiger partial charge >= 0.3 is 12.1 Å². The van der Waals surface area contributed by atoms with Crippen molar-refractivity contribution in [2.45, 2.75) is 44.2 Å². The second-order valence-corrected chi connectivity index (χ2v) is 8.78. The van der Waals surface area contributed by atoms with E-state index in [1.54, 1.807) is 6.92 Å². The minimum atomic E-state index is -1.47. The van der Waals surface area contributed by atoms with Crippen molar-refractivity contribution in [2.75, 3.05) is 6.61 Å². The Labute approximate surface area is 202 Å². The number of carboxylic acids is 1. The fourth-order valence-corrected chi connectivity index (χ4v) is 4.26. The van der Waals surface area contributed by atoms with Crippen molar-refractivity contribution in [1.29, 1.82) is 0 Å². The number of carbonyl (C=O) groups excluding carboxylic acids is 2. The number of nitrogens with zero attached hydrogens (tertiary/aromatic N) is 1. The van der Waals surface area contributed by atoms with E-state index in [9.17, 15) is 19.5 Å². The third-order valence-electron chi connectivity index (χ3n) is 6.51. The molecule has 2 amide bonds. The molecule has 1 aliphatic carbocycles. The third-order valence-corrected chi connectivity index (χ3v) is 6.51. The van der Waals surface area contributed by atoms with Crippen molar-refractivity contribution in [2.24, 2.45) is 0 Å². The van der Waals surface area contributed by atoms with Crippen LogP contribution in [-0.4, -0.2) is 51.2 Å². The summed E-state index contributed by atoms with van der Waals surface area (Å²) < 4.78 is 5.57. The number of carbonyl (C=O) groups is 3. The molecule has 0 spiro atoms. The molecule has 0 saturated heterocycles. The topological polar surface area (TPSA) is 133 Å². The van der Waals surface area contributed by atoms with Crippen molar-refractivity contribution in [3.05, 3.63) is 77.9 Å². The Morgan fingerprint density at radius 1 is 1.11 bits per heavy atom. The van der Waals surface area contributed by atoms with Gasteiger partial charge in [0.15, 0.2) is 0 Å². The van der Waals surface area contributed by atoms with Crippen molar-refractivity contribution in [3.8, 4) is 11.1 Å². The van der Waals surface area contributed by atoms with Gasteiger partial charge in [-0.1, -0.05) is 55.5 Å². The summed E-state index contributed by atoms with van der Waals surface area (Å²) in [6.45, 7) is 3.19. The maximum Gasteiger partial charge on any atom is 0.407 e. The van der Waals surface area contributed by atoms with E-state index < -0.39 is 29.6 Å². The zero-order chi connectivity index (χ0) is 25.0. The molecule has 1 heterocycles. The lowest BCUT2D eigenvalue weighted by Gasteiger charge is -2.27. The van der Waals surface area contributed by atoms with E-state index in [4.69, 9.17) is 4.74 Å². The van der Waals surface area contributed by atoms with Gasteiger partial charge in [0.2, 0.25) is 5.91 Å². The van der Waals surface area contributed by atoms with E-state index >= 15 is 0 Å². The second kappa shape index (κ2) is 10.0. The molecule has 0 aliphatic heterocycles. The van der Waals surface area contributed by atoms with E-state index in [0.29, 0.717) is 5.69 Å². The Hall–Kier alpha value is -4.14. The number of aromatic nitrogens is 2. The van der Waals surface area contributed by atoms with Gasteiger partial charge in [-0.05, 0) is 35.6 Å². The van der Waals surface area contributed by atoms with E-state index in [1.165, 1.54) is 19.4 Å². The number of fused-ring (bicyclic) bond motifs is 3. The molecule has 4 rings (SSSR count). The molecule has 0 bridgehead atoms. The molecule has 1 unspecified atom stereocenters. The summed E-state index contributed by atoms with van der Waals surface area (Å²) in [5.41, 5.74) is 3.52. The number of rotatable bonds is 9. The number of aromatic amines is 1. The molecule has 3 aromatic rings. The monoisotopic (exact) mass is 476 g/mol. The molecule has 1 aliphatic rings. The molecule has 35 heavy (non-hydrogen) atoms. The van der Waals surface area contributed by atoms with Gasteiger partial charge in [-0.3, -0.25) is 4.79 Å². The van der Waals surface area contributed by atoms with Crippen LogP contribution in [-0.2, 0) is 20.7 Å². The lowest BCUT2D eigenvalue weighted by Crippen LogP contribution is -2.58. The fraction of sp³-hybridized carbons (Fsp3) is 0.308. The van der Waals surface area contributed by atoms with E-state index in [0.717, 1.165) is 22.3 Å². The Morgan fingerprint density at radius 3 is 2.29 bits per heavy atom. The summed E-state index contributed by atoms with van der Waals surface area (Å²) in [5.74, 6) is -1.90. The molecule has 0 saturated carbocycles. The minimum absolute atomic E-state index is 0.0927. The zero-order valence-corrected chi connectivity index (χ0v) is 19.6. The SMILES string of the molecule is CCC(C)(NC(=O)[C@H](Cc1cnc[nH]1)NC(=O)OCC1c2ccccc2-c2ccccc21)C(=O)O. The number of carboxylic acid groups (broad SMARTS) is 1. The van der Waals surface area contributed by atoms with Gasteiger partial charge < -0.3 is 25.5 Å². The highest BCUT2D eigenvalue weighted by Crippen LogP contribution is 2.44. The predicted molar refractivity (Wildman–Crippen MR) is 129 cm³/mol. The fourth-order valence-electron chi connectivity index (χ4n) is 4.26. The quantitative estimate of drug-likeness (QED) is 0.375. The van der Waals surface area contributed by atoms with Gasteiger partial charge in [0.1, 0.15) is 18.2 Å². The highest BCUT2D eigenvalue weighted by molar-refractivity contribution is 5.91. The normalized spacial score (nSPS) is 14.8. The molecule has 1 aromatic heterocycles. The standard InChI is InChI=1S/C26H28N4O5/c1-3-26(2,24(32)33)30-23(31)22(12-16-13-27-15-28-16)29-25(34)35-14-21-19-10-6-4-8-17(19)18-9-5-7-11-20(18)21/h4-11,13,15,21-22H,3,12,14H2,1-2H3,(H,27,28)(H,29,34)(H,30,31)(H,32,33)/t22-,26?/m0/s1. The molecule has 2 aromatic carbocycles. The predicted octanol–water partition coefficient (Wildman–Crippen LogP) is 3.23. The van der Waals surface area contributed by atoms with Crippen LogP contribution in [0.25, 0.3) is 11.1 Å². The van der Waals surface area contributed by atoms with Crippen molar-refractivity contribution < 1.29 is 24.2 Å². The van der Waals surface area contributed by atoms with Gasteiger partial charge in [0.25, 0.3) is 0 Å². The van der Waals surface area contributed by atoms with Gasteiger partial charge in [-0.25, -0.2) is 14.6 Å². The van der Waals surface area contributed by atoms with Crippen LogP contribution in [0.1, 0.15) is 43.0 Å². The number of hydrogen-bond acceptors (Lipinski definition) is 5. The third kappa shape index (κ3) is 5.03. The van der Waals surface area contributed by atoms with Crippen molar-refractivity contribution in [1.82, 2.24) is 20.6 Å². The number of nitrogens with one attached hydrogen (secondary N) is 3. The van der Waals surface area contributed by atoms with Gasteiger partial charge in [-0.15, -0.1) is 0 Å². The lowest BCUT2D eigenvalue weighted by molar-refractivity contribution is -0.147. The summed E-state index contributed by atoms with van der Waals surface area (Å²) in [5, 5.41) is 14.7. The van der Waals surface area contributed by atoms with E-state index in [2.05, 4.69) is 20.6 Å². The first-order valence-corrected chi connectivity index (χ1v) is 11.5. The Morgan fingerprint density at radius 2 is 1.74 bits per heavy atom. The second-order valence-electron chi connectivity index (χ2n) is 8.78. The number of alkyl carbamates (subject to hydrolysis) is 1. The molecule has 9 nitrogen and oxygen atoms in total. The highest BCUT2D eigenvalue weighted by Gasteiger charge is 2.36. The van der Waals surface area contributed by atoms with Crippen LogP contribution < -0.4 is 10.6 Å². The lowest BCUT2D eigenvalue weighted by atomic mass is 9.98. The molecule has 4 N–H and O–H groups in total. The smallest absolute Gasteiger partial charge is 0.407 e. The molecule has 9 heteroatoms. The number of aliphatic carboxylic acids is 1. The first-order valence-electron chi connectivity index (χ1n) is 11.5. The molecule has 182 valence electrons. The van der Waals surface area contributed by atoms with Crippen LogP contribution in [0.5, 0.6) is 0 Å². The van der Waals surface area contributed by atoms with E-state index in [-0.39, 0.29) is 25.4 Å². The van der Waals surface area contributed by atoms with Crippen molar-refractivity contribution in [3.63, 3.8) is 0 Å². The first kappa shape index (κ1) is 24.0. The van der Waals surface area contributed by atoms with E-state index in [1.807, 2.05) is 48.5 Å². The van der Waals surface area contributed by atoms with Crippen LogP contribution in [0.4, 0.5) is 4.79 Å². The first-order chi connectivity index (χ1) is 16.8. The number of amides is 2. The molecule has 0 fully saturated rings. The van der Waals surface area contributed by atoms with Crippen LogP contribution in [0.2, 0.25) is 0 Å². The number of benzene rings is 2. The number of ether oxygens (including phenoxy) is 1. The summed E-state index contributed by atoms with van der Waals surface area (Å²) in [7, 11) is 0. The molecular formula is C26H28N4O5. The Bertz CT molecular complexity index is 1180.